The quantitative estimate of drug-likeness (QED) is 0.708. The largest absolute Gasteiger partial charge is 0.365 e. The first-order valence-electron chi connectivity index (χ1n) is 10.8. The van der Waals surface area contributed by atoms with Gasteiger partial charge in [0.25, 0.3) is 0 Å². The van der Waals surface area contributed by atoms with E-state index in [2.05, 4.69) is 19.9 Å². The molecule has 1 spiro atoms. The minimum Gasteiger partial charge on any atom is -0.365 e. The van der Waals surface area contributed by atoms with Crippen LogP contribution in [0.4, 0.5) is 0 Å². The summed E-state index contributed by atoms with van der Waals surface area (Å²) in [5, 5.41) is 10.1. The Morgan fingerprint density at radius 1 is 1.27 bits per heavy atom. The average Bonchev–Trinajstić information content (AvgIpc) is 3.16. The molecule has 0 bridgehead atoms. The van der Waals surface area contributed by atoms with Crippen LogP contribution in [-0.2, 0) is 9.53 Å². The van der Waals surface area contributed by atoms with E-state index < -0.39 is 6.29 Å². The zero-order valence-corrected chi connectivity index (χ0v) is 16.1. The predicted molar refractivity (Wildman–Crippen MR) is 100 cm³/mol. The van der Waals surface area contributed by atoms with Crippen molar-refractivity contribution >= 4 is 5.78 Å². The molecular formula is C23H32O3. The second kappa shape index (κ2) is 5.78. The first-order valence-corrected chi connectivity index (χ1v) is 10.8. The number of ketones is 1. The van der Waals surface area contributed by atoms with Crippen LogP contribution >= 0.6 is 0 Å². The molecule has 0 aromatic heterocycles. The Morgan fingerprint density at radius 3 is 2.85 bits per heavy atom. The van der Waals surface area contributed by atoms with Gasteiger partial charge in [-0.15, -0.1) is 0 Å². The second-order valence-corrected chi connectivity index (χ2v) is 9.70. The number of rotatable bonds is 1. The van der Waals surface area contributed by atoms with Crippen LogP contribution in [0.3, 0.4) is 0 Å². The fraction of sp³-hybridized carbons (Fsp3) is 0.783. The highest BCUT2D eigenvalue weighted by Gasteiger charge is 2.66. The average molecular weight is 357 g/mol. The zero-order valence-electron chi connectivity index (χ0n) is 16.1. The van der Waals surface area contributed by atoms with Crippen LogP contribution in [-0.4, -0.2) is 22.8 Å². The highest BCUT2D eigenvalue weighted by Crippen LogP contribution is 2.69. The van der Waals surface area contributed by atoms with Gasteiger partial charge < -0.3 is 9.84 Å². The van der Waals surface area contributed by atoms with Crippen molar-refractivity contribution in [1.29, 1.82) is 0 Å². The molecule has 0 amide bonds. The number of ether oxygens (including phenoxy) is 1. The minimum atomic E-state index is -0.724. The maximum absolute atomic E-state index is 11.9. The summed E-state index contributed by atoms with van der Waals surface area (Å²) >= 11 is 0. The van der Waals surface area contributed by atoms with Crippen LogP contribution in [0.2, 0.25) is 0 Å². The van der Waals surface area contributed by atoms with Crippen LogP contribution in [0.1, 0.15) is 65.2 Å². The molecule has 0 aromatic rings. The molecule has 5 rings (SSSR count). The number of carbonyl (C=O) groups is 1. The summed E-state index contributed by atoms with van der Waals surface area (Å²) < 4.78 is 6.20. The van der Waals surface area contributed by atoms with Crippen LogP contribution in [0.5, 0.6) is 0 Å². The molecule has 1 aliphatic heterocycles. The lowest BCUT2D eigenvalue weighted by molar-refractivity contribution is -0.190. The Morgan fingerprint density at radius 2 is 2.12 bits per heavy atom. The Hall–Kier alpha value is -0.930. The normalized spacial score (nSPS) is 52.6. The molecule has 1 heterocycles. The summed E-state index contributed by atoms with van der Waals surface area (Å²) in [7, 11) is 0. The van der Waals surface area contributed by atoms with Crippen LogP contribution < -0.4 is 0 Å². The maximum atomic E-state index is 11.9. The fourth-order valence-corrected chi connectivity index (χ4v) is 8.14. The van der Waals surface area contributed by atoms with Crippen molar-refractivity contribution in [2.24, 2.45) is 35.0 Å². The van der Waals surface area contributed by atoms with E-state index in [1.54, 1.807) is 0 Å². The van der Waals surface area contributed by atoms with Gasteiger partial charge in [0.15, 0.2) is 12.1 Å². The van der Waals surface area contributed by atoms with E-state index >= 15 is 0 Å². The molecule has 4 aliphatic carbocycles. The molecule has 142 valence electrons. The molecule has 8 atom stereocenters. The molecule has 0 radical (unpaired) electrons. The monoisotopic (exact) mass is 356 g/mol. The molecule has 3 saturated carbocycles. The molecule has 1 N–H and O–H groups in total. The summed E-state index contributed by atoms with van der Waals surface area (Å²) in [4.78, 5) is 11.9. The molecule has 3 fully saturated rings. The molecule has 5 aliphatic rings. The van der Waals surface area contributed by atoms with E-state index in [4.69, 9.17) is 4.74 Å². The number of carbonyl (C=O) groups excluding carboxylic acids is 1. The summed E-state index contributed by atoms with van der Waals surface area (Å²) in [5.41, 5.74) is 1.40. The minimum absolute atomic E-state index is 0.183. The SMILES string of the molecule is CC[C@]12CCC3C(C1CC[C@@]21C=CC(O)O1)[C@H](C)CC1=CC(=O)CC[C@@H]13. The lowest BCUT2D eigenvalue weighted by Crippen LogP contribution is -2.55. The number of allylic oxidation sites excluding steroid dienone is 1. The Labute approximate surface area is 156 Å². The van der Waals surface area contributed by atoms with Crippen molar-refractivity contribution in [3.8, 4) is 0 Å². The fourth-order valence-electron chi connectivity index (χ4n) is 8.14. The van der Waals surface area contributed by atoms with Gasteiger partial charge in [0.05, 0.1) is 5.60 Å². The lowest BCUT2D eigenvalue weighted by atomic mass is 9.47. The van der Waals surface area contributed by atoms with Gasteiger partial charge in [-0.05, 0) is 86.7 Å². The van der Waals surface area contributed by atoms with Crippen molar-refractivity contribution < 1.29 is 14.6 Å². The van der Waals surface area contributed by atoms with E-state index in [0.717, 1.165) is 43.9 Å². The highest BCUT2D eigenvalue weighted by atomic mass is 16.6. The van der Waals surface area contributed by atoms with E-state index in [1.165, 1.54) is 24.8 Å². The maximum Gasteiger partial charge on any atom is 0.175 e. The van der Waals surface area contributed by atoms with E-state index in [0.29, 0.717) is 23.5 Å². The number of fused-ring (bicyclic) bond motifs is 6. The number of aliphatic hydroxyl groups is 1. The van der Waals surface area contributed by atoms with E-state index in [9.17, 15) is 9.90 Å². The van der Waals surface area contributed by atoms with Gasteiger partial charge in [-0.1, -0.05) is 25.5 Å². The number of aliphatic hydroxyl groups excluding tert-OH is 1. The van der Waals surface area contributed by atoms with Gasteiger partial charge in [0, 0.05) is 11.8 Å². The van der Waals surface area contributed by atoms with Crippen LogP contribution in [0.25, 0.3) is 0 Å². The van der Waals surface area contributed by atoms with Gasteiger partial charge in [0.1, 0.15) is 0 Å². The number of hydrogen-bond acceptors (Lipinski definition) is 3. The van der Waals surface area contributed by atoms with Crippen LogP contribution in [0, 0.1) is 35.0 Å². The van der Waals surface area contributed by atoms with E-state index in [1.807, 2.05) is 12.2 Å². The topological polar surface area (TPSA) is 46.5 Å². The van der Waals surface area contributed by atoms with Gasteiger partial charge >= 0.3 is 0 Å². The third-order valence-corrected chi connectivity index (χ3v) is 9.01. The highest BCUT2D eigenvalue weighted by molar-refractivity contribution is 5.91. The molecule has 26 heavy (non-hydrogen) atoms. The first-order chi connectivity index (χ1) is 12.5. The number of hydrogen-bond donors (Lipinski definition) is 1. The summed E-state index contributed by atoms with van der Waals surface area (Å²) in [6.07, 6.45) is 14.2. The van der Waals surface area contributed by atoms with Crippen molar-refractivity contribution in [2.75, 3.05) is 0 Å². The molecule has 0 saturated heterocycles. The summed E-state index contributed by atoms with van der Waals surface area (Å²) in [6.45, 7) is 4.76. The van der Waals surface area contributed by atoms with Gasteiger partial charge in [0.2, 0.25) is 0 Å². The van der Waals surface area contributed by atoms with Crippen molar-refractivity contribution in [3.05, 3.63) is 23.8 Å². The summed E-state index contributed by atoms with van der Waals surface area (Å²) in [5.74, 6) is 3.82. The van der Waals surface area contributed by atoms with Crippen molar-refractivity contribution in [3.63, 3.8) is 0 Å². The van der Waals surface area contributed by atoms with Gasteiger partial charge in [-0.3, -0.25) is 4.79 Å². The second-order valence-electron chi connectivity index (χ2n) is 9.70. The molecular weight excluding hydrogens is 324 g/mol. The molecule has 3 nitrogen and oxygen atoms in total. The zero-order chi connectivity index (χ0) is 18.1. The van der Waals surface area contributed by atoms with E-state index in [-0.39, 0.29) is 11.0 Å². The Kier molecular flexibility index (Phi) is 3.82. The van der Waals surface area contributed by atoms with Crippen molar-refractivity contribution in [1.82, 2.24) is 0 Å². The summed E-state index contributed by atoms with van der Waals surface area (Å²) in [6, 6.07) is 0. The van der Waals surface area contributed by atoms with Crippen LogP contribution in [0.15, 0.2) is 23.8 Å². The third kappa shape index (κ3) is 2.10. The Balaban J connectivity index is 1.52. The molecule has 3 heteroatoms. The third-order valence-electron chi connectivity index (χ3n) is 9.01. The standard InChI is InChI=1S/C23H32O3/c1-3-22-9-6-18-17-5-4-16(24)13-15(17)12-14(2)21(18)19(22)7-10-23(22)11-8-20(25)26-23/h8,11,13-14,17-21,25H,3-7,9-10,12H2,1-2H3/t14-,17+,18?,19?,20?,21?,22+,23-/m1/s1. The van der Waals surface area contributed by atoms with Crippen molar-refractivity contribution in [2.45, 2.75) is 77.1 Å². The molecule has 4 unspecified atom stereocenters. The predicted octanol–water partition coefficient (Wildman–Crippen LogP) is 4.41. The van der Waals surface area contributed by atoms with Gasteiger partial charge in [-0.25, -0.2) is 0 Å². The lowest BCUT2D eigenvalue weighted by Gasteiger charge is -2.58. The smallest absolute Gasteiger partial charge is 0.175 e. The molecule has 0 aromatic carbocycles. The Bertz CT molecular complexity index is 679. The van der Waals surface area contributed by atoms with Gasteiger partial charge in [-0.2, -0.15) is 0 Å². The first kappa shape index (κ1) is 17.2.